The smallest absolute Gasteiger partial charge is 0.261 e. The molecule has 7 heteroatoms. The predicted molar refractivity (Wildman–Crippen MR) is 74.2 cm³/mol. The zero-order valence-electron chi connectivity index (χ0n) is 8.88. The van der Waals surface area contributed by atoms with Crippen LogP contribution in [0.2, 0.25) is 0 Å². The zero-order valence-corrected chi connectivity index (χ0v) is 12.9. The average molecular weight is 379 g/mol. The first kappa shape index (κ1) is 12.8. The Morgan fingerprint density at radius 3 is 2.88 bits per heavy atom. The van der Waals surface area contributed by atoms with Crippen LogP contribution in [0.5, 0.6) is 0 Å². The molecule has 0 bridgehead atoms. The number of carbonyl (C=O) groups is 1. The van der Waals surface area contributed by atoms with Crippen LogP contribution in [0.25, 0.3) is 0 Å². The Morgan fingerprint density at radius 1 is 1.59 bits per heavy atom. The molecule has 0 unspecified atom stereocenters. The predicted octanol–water partition coefficient (Wildman–Crippen LogP) is 3.23. The van der Waals surface area contributed by atoms with Crippen molar-refractivity contribution in [1.29, 1.82) is 0 Å². The van der Waals surface area contributed by atoms with Gasteiger partial charge in [-0.25, -0.2) is 0 Å². The number of aryl methyl sites for hydroxylation is 1. The molecule has 0 fully saturated rings. The number of thiophene rings is 1. The first-order chi connectivity index (χ1) is 8.08. The van der Waals surface area contributed by atoms with Crippen molar-refractivity contribution < 1.29 is 4.79 Å². The summed E-state index contributed by atoms with van der Waals surface area (Å²) in [4.78, 5) is 12.5. The molecule has 0 radical (unpaired) electrons. The fourth-order valence-electron chi connectivity index (χ4n) is 1.27. The Balaban J connectivity index is 2.00. The molecule has 2 rings (SSSR count). The van der Waals surface area contributed by atoms with Gasteiger partial charge in [-0.3, -0.25) is 9.89 Å². The first-order valence-electron chi connectivity index (χ1n) is 4.80. The largest absolute Gasteiger partial charge is 0.347 e. The van der Waals surface area contributed by atoms with Crippen LogP contribution in [0, 0.1) is 6.92 Å². The van der Waals surface area contributed by atoms with Gasteiger partial charge < -0.3 is 5.32 Å². The monoisotopic (exact) mass is 377 g/mol. The lowest BCUT2D eigenvalue weighted by molar-refractivity contribution is 0.0955. The summed E-state index contributed by atoms with van der Waals surface area (Å²) in [6.45, 7) is 2.40. The van der Waals surface area contributed by atoms with Gasteiger partial charge in [0.1, 0.15) is 0 Å². The minimum atomic E-state index is -0.0815. The Kier molecular flexibility index (Phi) is 4.01. The number of amides is 1. The van der Waals surface area contributed by atoms with Gasteiger partial charge in [-0.1, -0.05) is 0 Å². The van der Waals surface area contributed by atoms with E-state index in [1.54, 1.807) is 12.3 Å². The number of nitrogens with zero attached hydrogens (tertiary/aromatic N) is 1. The molecule has 0 aromatic carbocycles. The average Bonchev–Trinajstić information content (AvgIpc) is 2.83. The quantitative estimate of drug-likeness (QED) is 0.861. The van der Waals surface area contributed by atoms with Crippen molar-refractivity contribution in [2.75, 3.05) is 0 Å². The number of halogens is 2. The van der Waals surface area contributed by atoms with Gasteiger partial charge in [-0.2, -0.15) is 5.10 Å². The van der Waals surface area contributed by atoms with Crippen molar-refractivity contribution in [3.8, 4) is 0 Å². The number of hydrogen-bond donors (Lipinski definition) is 2. The van der Waals surface area contributed by atoms with E-state index in [2.05, 4.69) is 47.4 Å². The molecule has 0 aliphatic rings. The van der Waals surface area contributed by atoms with Gasteiger partial charge in [0.2, 0.25) is 0 Å². The van der Waals surface area contributed by atoms with Crippen LogP contribution in [0.3, 0.4) is 0 Å². The van der Waals surface area contributed by atoms with E-state index in [4.69, 9.17) is 0 Å². The molecule has 2 aromatic heterocycles. The van der Waals surface area contributed by atoms with E-state index >= 15 is 0 Å². The maximum atomic E-state index is 11.8. The molecular formula is C10H9Br2N3OS. The van der Waals surface area contributed by atoms with E-state index < -0.39 is 0 Å². The summed E-state index contributed by atoms with van der Waals surface area (Å²) in [7, 11) is 0. The topological polar surface area (TPSA) is 57.8 Å². The second-order valence-corrected chi connectivity index (χ2v) is 6.66. The molecule has 2 heterocycles. The minimum absolute atomic E-state index is 0.0815. The van der Waals surface area contributed by atoms with Crippen LogP contribution < -0.4 is 5.32 Å². The lowest BCUT2D eigenvalue weighted by Crippen LogP contribution is -2.21. The third kappa shape index (κ3) is 2.97. The fourth-order valence-corrected chi connectivity index (χ4v) is 3.23. The fraction of sp³-hybridized carbons (Fsp3) is 0.200. The molecule has 0 saturated heterocycles. The Morgan fingerprint density at radius 2 is 2.35 bits per heavy atom. The summed E-state index contributed by atoms with van der Waals surface area (Å²) >= 11 is 8.11. The highest BCUT2D eigenvalue weighted by Gasteiger charge is 2.12. The lowest BCUT2D eigenvalue weighted by atomic mass is 10.2. The van der Waals surface area contributed by atoms with Crippen molar-refractivity contribution in [3.63, 3.8) is 0 Å². The van der Waals surface area contributed by atoms with Crippen LogP contribution in [0.15, 0.2) is 20.5 Å². The molecule has 1 amide bonds. The molecule has 0 aliphatic carbocycles. The second-order valence-electron chi connectivity index (χ2n) is 3.44. The van der Waals surface area contributed by atoms with Crippen molar-refractivity contribution in [1.82, 2.24) is 15.5 Å². The highest BCUT2D eigenvalue weighted by molar-refractivity contribution is 9.13. The first-order valence-corrected chi connectivity index (χ1v) is 7.20. The van der Waals surface area contributed by atoms with E-state index in [1.165, 1.54) is 11.3 Å². The van der Waals surface area contributed by atoms with E-state index in [1.807, 2.05) is 6.92 Å². The third-order valence-electron chi connectivity index (χ3n) is 2.24. The van der Waals surface area contributed by atoms with Crippen molar-refractivity contribution >= 4 is 49.1 Å². The second kappa shape index (κ2) is 5.32. The maximum Gasteiger partial charge on any atom is 0.261 e. The van der Waals surface area contributed by atoms with Crippen molar-refractivity contribution in [3.05, 3.63) is 36.7 Å². The SMILES string of the molecule is Cc1[nH]ncc1CNC(=O)c1cc(Br)c(Br)s1. The van der Waals surface area contributed by atoms with Crippen LogP contribution in [0.4, 0.5) is 0 Å². The molecule has 2 N–H and O–H groups in total. The van der Waals surface area contributed by atoms with Gasteiger partial charge in [0.25, 0.3) is 5.91 Å². The van der Waals surface area contributed by atoms with Gasteiger partial charge in [-0.15, -0.1) is 11.3 Å². The van der Waals surface area contributed by atoms with E-state index in [0.717, 1.165) is 19.5 Å². The summed E-state index contributed by atoms with van der Waals surface area (Å²) in [5, 5.41) is 9.59. The van der Waals surface area contributed by atoms with Gasteiger partial charge in [-0.05, 0) is 44.8 Å². The summed E-state index contributed by atoms with van der Waals surface area (Å²) < 4.78 is 1.81. The summed E-state index contributed by atoms with van der Waals surface area (Å²) in [5.41, 5.74) is 1.96. The number of H-pyrrole nitrogens is 1. The molecule has 4 nitrogen and oxygen atoms in total. The normalized spacial score (nSPS) is 10.5. The number of hydrogen-bond acceptors (Lipinski definition) is 3. The van der Waals surface area contributed by atoms with E-state index in [-0.39, 0.29) is 5.91 Å². The van der Waals surface area contributed by atoms with Crippen molar-refractivity contribution in [2.24, 2.45) is 0 Å². The molecule has 0 saturated carbocycles. The van der Waals surface area contributed by atoms with Crippen LogP contribution >= 0.6 is 43.2 Å². The highest BCUT2D eigenvalue weighted by Crippen LogP contribution is 2.32. The number of carbonyl (C=O) groups excluding carboxylic acids is 1. The minimum Gasteiger partial charge on any atom is -0.347 e. The van der Waals surface area contributed by atoms with Crippen molar-refractivity contribution in [2.45, 2.75) is 13.5 Å². The summed E-state index contributed by atoms with van der Waals surface area (Å²) in [5.74, 6) is -0.0815. The standard InChI is InChI=1S/C10H9Br2N3OS/c1-5-6(4-14-15-5)3-13-10(16)8-2-7(11)9(12)17-8/h2,4H,3H2,1H3,(H,13,16)(H,14,15). The van der Waals surface area contributed by atoms with E-state index in [9.17, 15) is 4.79 Å². The molecule has 2 aromatic rings. The molecule has 90 valence electrons. The summed E-state index contributed by atoms with van der Waals surface area (Å²) in [6.07, 6.45) is 1.72. The molecule has 17 heavy (non-hydrogen) atoms. The van der Waals surface area contributed by atoms with E-state index in [0.29, 0.717) is 11.4 Å². The maximum absolute atomic E-state index is 11.8. The summed E-state index contributed by atoms with van der Waals surface area (Å²) in [6, 6.07) is 1.80. The zero-order chi connectivity index (χ0) is 12.4. The molecule has 0 spiro atoms. The van der Waals surface area contributed by atoms with Gasteiger partial charge in [0.05, 0.1) is 14.9 Å². The number of aromatic nitrogens is 2. The van der Waals surface area contributed by atoms with Gasteiger partial charge in [0, 0.05) is 22.3 Å². The van der Waals surface area contributed by atoms with Gasteiger partial charge >= 0.3 is 0 Å². The third-order valence-corrected chi connectivity index (χ3v) is 5.50. The Labute approximate surface area is 119 Å². The number of nitrogens with one attached hydrogen (secondary N) is 2. The molecular weight excluding hydrogens is 370 g/mol. The number of aromatic amines is 1. The van der Waals surface area contributed by atoms with Crippen LogP contribution in [0.1, 0.15) is 20.9 Å². The Bertz CT molecular complexity index is 530. The molecule has 0 atom stereocenters. The number of rotatable bonds is 3. The highest BCUT2D eigenvalue weighted by atomic mass is 79.9. The van der Waals surface area contributed by atoms with Crippen LogP contribution in [-0.4, -0.2) is 16.1 Å². The van der Waals surface area contributed by atoms with Crippen LogP contribution in [-0.2, 0) is 6.54 Å². The lowest BCUT2D eigenvalue weighted by Gasteiger charge is -2.01. The molecule has 0 aliphatic heterocycles. The Hall–Kier alpha value is -0.660. The van der Waals surface area contributed by atoms with Gasteiger partial charge in [0.15, 0.2) is 0 Å².